The summed E-state index contributed by atoms with van der Waals surface area (Å²) >= 11 is 0. The number of aromatic nitrogens is 2. The number of nitrogens with one attached hydrogen (secondary N) is 1. The number of nitrogens with zero attached hydrogens (tertiary/aromatic N) is 2. The number of carbonyl (C=O) groups excluding carboxylic acids is 2. The highest BCUT2D eigenvalue weighted by Gasteiger charge is 2.13. The molecule has 5 heteroatoms. The lowest BCUT2D eigenvalue weighted by atomic mass is 10.1. The van der Waals surface area contributed by atoms with Gasteiger partial charge in [0.05, 0.1) is 11.4 Å². The van der Waals surface area contributed by atoms with Crippen molar-refractivity contribution in [2.45, 2.75) is 39.5 Å². The number of ketones is 1. The molecule has 0 spiro atoms. The number of rotatable bonds is 5. The molecule has 0 aliphatic carbocycles. The van der Waals surface area contributed by atoms with Gasteiger partial charge in [-0.2, -0.15) is 5.10 Å². The molecule has 1 aromatic rings. The Kier molecular flexibility index (Phi) is 4.43. The van der Waals surface area contributed by atoms with Gasteiger partial charge in [0.2, 0.25) is 5.91 Å². The van der Waals surface area contributed by atoms with Crippen molar-refractivity contribution in [3.8, 4) is 0 Å². The van der Waals surface area contributed by atoms with Gasteiger partial charge in [0.1, 0.15) is 5.78 Å². The van der Waals surface area contributed by atoms with Gasteiger partial charge in [0, 0.05) is 26.1 Å². The Bertz CT molecular complexity index is 421. The predicted octanol–water partition coefficient (Wildman–Crippen LogP) is 1.85. The van der Waals surface area contributed by atoms with Gasteiger partial charge in [-0.05, 0) is 12.8 Å². The van der Waals surface area contributed by atoms with E-state index in [9.17, 15) is 9.59 Å². The van der Waals surface area contributed by atoms with Crippen LogP contribution in [0.3, 0.4) is 0 Å². The van der Waals surface area contributed by atoms with Crippen LogP contribution < -0.4 is 5.32 Å². The van der Waals surface area contributed by atoms with E-state index in [1.165, 1.54) is 6.92 Å². The highest BCUT2D eigenvalue weighted by molar-refractivity contribution is 5.93. The zero-order valence-electron chi connectivity index (χ0n) is 10.8. The highest BCUT2D eigenvalue weighted by atomic mass is 16.2. The highest BCUT2D eigenvalue weighted by Crippen LogP contribution is 2.22. The maximum atomic E-state index is 11.6. The summed E-state index contributed by atoms with van der Waals surface area (Å²) < 4.78 is 1.68. The van der Waals surface area contributed by atoms with Gasteiger partial charge in [-0.15, -0.1) is 0 Å². The van der Waals surface area contributed by atoms with Crippen LogP contribution in [0.5, 0.6) is 0 Å². The van der Waals surface area contributed by atoms with E-state index in [-0.39, 0.29) is 30.4 Å². The Hall–Kier alpha value is -1.65. The molecule has 1 rings (SSSR count). The number of aryl methyl sites for hydroxylation is 1. The standard InChI is InChI=1S/C12H19N3O2/c1-8(2)12-10(7-15(4)14-12)13-11(17)6-5-9(3)16/h7-8H,5-6H2,1-4H3,(H,13,17). The largest absolute Gasteiger partial charge is 0.323 e. The lowest BCUT2D eigenvalue weighted by Gasteiger charge is -2.06. The fourth-order valence-electron chi connectivity index (χ4n) is 1.53. The molecule has 0 aromatic carbocycles. The second kappa shape index (κ2) is 5.61. The summed E-state index contributed by atoms with van der Waals surface area (Å²) in [5.74, 6) is 0.129. The molecule has 5 nitrogen and oxygen atoms in total. The van der Waals surface area contributed by atoms with Gasteiger partial charge in [-0.1, -0.05) is 13.8 Å². The summed E-state index contributed by atoms with van der Waals surface area (Å²) in [5, 5.41) is 7.09. The molecule has 17 heavy (non-hydrogen) atoms. The zero-order chi connectivity index (χ0) is 13.0. The first kappa shape index (κ1) is 13.4. The number of anilines is 1. The maximum absolute atomic E-state index is 11.6. The van der Waals surface area contributed by atoms with Crippen molar-refractivity contribution < 1.29 is 9.59 Å². The van der Waals surface area contributed by atoms with Crippen molar-refractivity contribution in [3.63, 3.8) is 0 Å². The molecule has 1 heterocycles. The van der Waals surface area contributed by atoms with Crippen molar-refractivity contribution in [2.24, 2.45) is 7.05 Å². The van der Waals surface area contributed by atoms with Gasteiger partial charge in [-0.3, -0.25) is 9.48 Å². The molecule has 1 amide bonds. The van der Waals surface area contributed by atoms with Gasteiger partial charge in [-0.25, -0.2) is 0 Å². The lowest BCUT2D eigenvalue weighted by molar-refractivity contribution is -0.121. The van der Waals surface area contributed by atoms with E-state index < -0.39 is 0 Å². The minimum atomic E-state index is -0.143. The Labute approximate surface area is 101 Å². The summed E-state index contributed by atoms with van der Waals surface area (Å²) in [7, 11) is 1.82. The molecule has 94 valence electrons. The first-order valence-electron chi connectivity index (χ1n) is 5.73. The number of hydrogen-bond donors (Lipinski definition) is 1. The molecule has 0 saturated carbocycles. The van der Waals surface area contributed by atoms with Crippen LogP contribution in [0.25, 0.3) is 0 Å². The molecule has 0 aliphatic heterocycles. The van der Waals surface area contributed by atoms with Crippen molar-refractivity contribution >= 4 is 17.4 Å². The normalized spacial score (nSPS) is 10.6. The van der Waals surface area contributed by atoms with E-state index in [0.717, 1.165) is 11.4 Å². The van der Waals surface area contributed by atoms with Crippen LogP contribution in [0.4, 0.5) is 5.69 Å². The minimum absolute atomic E-state index is 0.0235. The number of Topliss-reactive ketones (excluding diaryl/α,β-unsaturated/α-hetero) is 1. The summed E-state index contributed by atoms with van der Waals surface area (Å²) in [6, 6.07) is 0. The third kappa shape index (κ3) is 4.01. The van der Waals surface area contributed by atoms with Crippen molar-refractivity contribution in [1.82, 2.24) is 9.78 Å². The Balaban J connectivity index is 2.67. The van der Waals surface area contributed by atoms with E-state index in [1.807, 2.05) is 20.9 Å². The molecule has 0 atom stereocenters. The van der Waals surface area contributed by atoms with Crippen LogP contribution >= 0.6 is 0 Å². The molecular weight excluding hydrogens is 218 g/mol. The van der Waals surface area contributed by atoms with Gasteiger partial charge in [0.25, 0.3) is 0 Å². The molecule has 0 unspecified atom stereocenters. The quantitative estimate of drug-likeness (QED) is 0.850. The average Bonchev–Trinajstić information content (AvgIpc) is 2.56. The summed E-state index contributed by atoms with van der Waals surface area (Å²) in [6.07, 6.45) is 2.28. The first-order valence-corrected chi connectivity index (χ1v) is 5.73. The van der Waals surface area contributed by atoms with E-state index in [2.05, 4.69) is 10.4 Å². The average molecular weight is 237 g/mol. The molecular formula is C12H19N3O2. The molecule has 0 saturated heterocycles. The second-order valence-corrected chi connectivity index (χ2v) is 4.51. The van der Waals surface area contributed by atoms with Crippen molar-refractivity contribution in [3.05, 3.63) is 11.9 Å². The van der Waals surface area contributed by atoms with E-state index >= 15 is 0 Å². The maximum Gasteiger partial charge on any atom is 0.224 e. The van der Waals surface area contributed by atoms with Crippen molar-refractivity contribution in [2.75, 3.05) is 5.32 Å². The molecule has 0 fully saturated rings. The number of amides is 1. The van der Waals surface area contributed by atoms with Crippen LogP contribution in [0.15, 0.2) is 6.20 Å². The Morgan fingerprint density at radius 1 is 1.41 bits per heavy atom. The van der Waals surface area contributed by atoms with Gasteiger partial charge in [0.15, 0.2) is 0 Å². The summed E-state index contributed by atoms with van der Waals surface area (Å²) in [6.45, 7) is 5.53. The fourth-order valence-corrected chi connectivity index (χ4v) is 1.53. The van der Waals surface area contributed by atoms with Crippen LogP contribution in [0, 0.1) is 0 Å². The minimum Gasteiger partial charge on any atom is -0.323 e. The topological polar surface area (TPSA) is 64.0 Å². The number of hydrogen-bond acceptors (Lipinski definition) is 3. The summed E-state index contributed by atoms with van der Waals surface area (Å²) in [5.41, 5.74) is 1.60. The molecule has 0 bridgehead atoms. The van der Waals surface area contributed by atoms with Crippen LogP contribution in [-0.4, -0.2) is 21.5 Å². The molecule has 1 aromatic heterocycles. The SMILES string of the molecule is CC(=O)CCC(=O)Nc1cn(C)nc1C(C)C. The molecule has 0 radical (unpaired) electrons. The van der Waals surface area contributed by atoms with E-state index in [4.69, 9.17) is 0 Å². The Morgan fingerprint density at radius 2 is 2.06 bits per heavy atom. The summed E-state index contributed by atoms with van der Waals surface area (Å²) in [4.78, 5) is 22.4. The Morgan fingerprint density at radius 3 is 2.59 bits per heavy atom. The number of carbonyl (C=O) groups is 2. The van der Waals surface area contributed by atoms with Gasteiger partial charge >= 0.3 is 0 Å². The third-order valence-corrected chi connectivity index (χ3v) is 2.38. The van der Waals surface area contributed by atoms with Crippen LogP contribution in [0.1, 0.15) is 45.2 Å². The zero-order valence-corrected chi connectivity index (χ0v) is 10.8. The first-order chi connectivity index (χ1) is 7.90. The van der Waals surface area contributed by atoms with E-state index in [0.29, 0.717) is 0 Å². The second-order valence-electron chi connectivity index (χ2n) is 4.51. The fraction of sp³-hybridized carbons (Fsp3) is 0.583. The van der Waals surface area contributed by atoms with Crippen LogP contribution in [-0.2, 0) is 16.6 Å². The molecule has 1 N–H and O–H groups in total. The third-order valence-electron chi connectivity index (χ3n) is 2.38. The monoisotopic (exact) mass is 237 g/mol. The van der Waals surface area contributed by atoms with Gasteiger partial charge < -0.3 is 10.1 Å². The van der Waals surface area contributed by atoms with E-state index in [1.54, 1.807) is 10.9 Å². The molecule has 0 aliphatic rings. The van der Waals surface area contributed by atoms with Crippen molar-refractivity contribution in [1.29, 1.82) is 0 Å². The lowest BCUT2D eigenvalue weighted by Crippen LogP contribution is -2.13. The van der Waals surface area contributed by atoms with Crippen LogP contribution in [0.2, 0.25) is 0 Å². The smallest absolute Gasteiger partial charge is 0.224 e. The predicted molar refractivity (Wildman–Crippen MR) is 65.8 cm³/mol.